The Morgan fingerprint density at radius 1 is 0.759 bits per heavy atom. The van der Waals surface area contributed by atoms with E-state index in [1.54, 1.807) is 0 Å². The van der Waals surface area contributed by atoms with Gasteiger partial charge in [-0.25, -0.2) is 9.59 Å². The fourth-order valence-corrected chi connectivity index (χ4v) is 3.00. The van der Waals surface area contributed by atoms with Crippen molar-refractivity contribution in [3.63, 3.8) is 0 Å². The predicted molar refractivity (Wildman–Crippen MR) is 92.5 cm³/mol. The number of alkyl halides is 2. The molecule has 0 saturated carbocycles. The van der Waals surface area contributed by atoms with Crippen LogP contribution in [0.15, 0.2) is 0 Å². The number of carbonyl (C=O) groups excluding carboxylic acids is 2. The molecule has 11 nitrogen and oxygen atoms in total. The molecule has 0 unspecified atom stereocenters. The SMILES string of the molecule is COCCOC(=O)OCOP(=O)(OCOC(=O)OCCOC)C(F)(F)C(C)(C)C. The van der Waals surface area contributed by atoms with E-state index in [9.17, 15) is 22.9 Å². The van der Waals surface area contributed by atoms with Gasteiger partial charge in [0.2, 0.25) is 13.6 Å². The molecule has 0 aliphatic heterocycles. The molecule has 0 aromatic heterocycles. The molecule has 0 N–H and O–H groups in total. The lowest BCUT2D eigenvalue weighted by molar-refractivity contribution is -0.0801. The molecule has 0 radical (unpaired) electrons. The zero-order chi connectivity index (χ0) is 22.6. The molecule has 0 spiro atoms. The van der Waals surface area contributed by atoms with Crippen LogP contribution in [0.4, 0.5) is 18.4 Å². The summed E-state index contributed by atoms with van der Waals surface area (Å²) in [5, 5.41) is 0. The molecule has 0 heterocycles. The van der Waals surface area contributed by atoms with Gasteiger partial charge in [-0.1, -0.05) is 20.8 Å². The largest absolute Gasteiger partial charge is 0.510 e. The summed E-state index contributed by atoms with van der Waals surface area (Å²) in [6.07, 6.45) is -2.52. The Morgan fingerprint density at radius 3 is 1.45 bits per heavy atom. The molecule has 0 fully saturated rings. The highest BCUT2D eigenvalue weighted by Gasteiger charge is 2.61. The second kappa shape index (κ2) is 12.9. The fourth-order valence-electron chi connectivity index (χ4n) is 1.40. The summed E-state index contributed by atoms with van der Waals surface area (Å²) in [6.45, 7) is 0.806. The van der Waals surface area contributed by atoms with E-state index in [2.05, 4.69) is 37.5 Å². The predicted octanol–water partition coefficient (Wildman–Crippen LogP) is 3.37. The van der Waals surface area contributed by atoms with Crippen LogP contribution in [0, 0.1) is 5.41 Å². The molecular weight excluding hydrogens is 425 g/mol. The van der Waals surface area contributed by atoms with Crippen LogP contribution in [0.3, 0.4) is 0 Å². The smallest absolute Gasteiger partial charge is 0.432 e. The Bertz CT molecular complexity index is 519. The third-order valence-corrected chi connectivity index (χ3v) is 5.31. The van der Waals surface area contributed by atoms with E-state index in [-0.39, 0.29) is 26.4 Å². The lowest BCUT2D eigenvalue weighted by atomic mass is 9.97. The summed E-state index contributed by atoms with van der Waals surface area (Å²) in [6, 6.07) is 0. The number of methoxy groups -OCH3 is 2. The van der Waals surface area contributed by atoms with E-state index in [0.29, 0.717) is 0 Å². The highest BCUT2D eigenvalue weighted by atomic mass is 31.2. The fraction of sp³-hybridized carbons (Fsp3) is 0.867. The third kappa shape index (κ3) is 9.68. The molecule has 0 aliphatic rings. The van der Waals surface area contributed by atoms with Crippen molar-refractivity contribution >= 4 is 19.9 Å². The second-order valence-corrected chi connectivity index (χ2v) is 8.33. The van der Waals surface area contributed by atoms with Gasteiger partial charge in [-0.3, -0.25) is 13.6 Å². The van der Waals surface area contributed by atoms with Gasteiger partial charge in [0.05, 0.1) is 13.2 Å². The van der Waals surface area contributed by atoms with Gasteiger partial charge >= 0.3 is 25.6 Å². The molecule has 0 aromatic carbocycles. The molecule has 14 heteroatoms. The van der Waals surface area contributed by atoms with Gasteiger partial charge in [0.25, 0.3) is 0 Å². The minimum atomic E-state index is -5.27. The van der Waals surface area contributed by atoms with Crippen molar-refractivity contribution in [2.24, 2.45) is 5.41 Å². The van der Waals surface area contributed by atoms with Crippen molar-refractivity contribution in [2.75, 3.05) is 54.2 Å². The van der Waals surface area contributed by atoms with Crippen molar-refractivity contribution in [3.05, 3.63) is 0 Å². The summed E-state index contributed by atoms with van der Waals surface area (Å²) < 4.78 is 78.2. The van der Waals surface area contributed by atoms with Gasteiger partial charge < -0.3 is 28.4 Å². The first-order valence-corrected chi connectivity index (χ1v) is 9.79. The highest BCUT2D eigenvalue weighted by Crippen LogP contribution is 2.67. The lowest BCUT2D eigenvalue weighted by Crippen LogP contribution is -2.36. The number of halogens is 2. The maximum absolute atomic E-state index is 14.6. The molecular formula is C15H27F2O11P. The molecule has 172 valence electrons. The van der Waals surface area contributed by atoms with Gasteiger partial charge in [0.1, 0.15) is 13.2 Å². The van der Waals surface area contributed by atoms with Gasteiger partial charge in [0.15, 0.2) is 0 Å². The molecule has 0 bridgehead atoms. The molecule has 29 heavy (non-hydrogen) atoms. The Kier molecular flexibility index (Phi) is 12.2. The van der Waals surface area contributed by atoms with Crippen LogP contribution in [-0.2, 0) is 42.0 Å². The molecule has 0 saturated heterocycles. The Hall–Kier alpha value is -1.53. The number of hydrogen-bond acceptors (Lipinski definition) is 11. The maximum Gasteiger partial charge on any atom is 0.510 e. The Labute approximate surface area is 167 Å². The van der Waals surface area contributed by atoms with E-state index >= 15 is 0 Å². The molecule has 0 aliphatic carbocycles. The summed E-state index contributed by atoms with van der Waals surface area (Å²) in [4.78, 5) is 22.6. The topological polar surface area (TPSA) is 125 Å². The van der Waals surface area contributed by atoms with E-state index < -0.39 is 44.6 Å². The van der Waals surface area contributed by atoms with E-state index in [4.69, 9.17) is 0 Å². The van der Waals surface area contributed by atoms with Crippen molar-refractivity contribution in [1.82, 2.24) is 0 Å². The van der Waals surface area contributed by atoms with E-state index in [1.807, 2.05) is 0 Å². The van der Waals surface area contributed by atoms with Gasteiger partial charge in [-0.05, 0) is 0 Å². The molecule has 0 rings (SSSR count). The average Bonchev–Trinajstić information content (AvgIpc) is 2.61. The van der Waals surface area contributed by atoms with E-state index in [1.165, 1.54) is 14.2 Å². The van der Waals surface area contributed by atoms with Crippen LogP contribution in [0.1, 0.15) is 20.8 Å². The van der Waals surface area contributed by atoms with Crippen LogP contribution < -0.4 is 0 Å². The van der Waals surface area contributed by atoms with Crippen LogP contribution in [0.5, 0.6) is 0 Å². The van der Waals surface area contributed by atoms with Gasteiger partial charge in [-0.15, -0.1) is 0 Å². The zero-order valence-corrected chi connectivity index (χ0v) is 17.8. The first kappa shape index (κ1) is 27.5. The third-order valence-electron chi connectivity index (χ3n) is 3.06. The summed E-state index contributed by atoms with van der Waals surface area (Å²) >= 11 is 0. The van der Waals surface area contributed by atoms with Crippen LogP contribution in [0.2, 0.25) is 0 Å². The summed E-state index contributed by atoms with van der Waals surface area (Å²) in [5.74, 6) is 0. The monoisotopic (exact) mass is 452 g/mol. The maximum atomic E-state index is 14.6. The molecule has 0 amide bonds. The lowest BCUT2D eigenvalue weighted by Gasteiger charge is -2.34. The number of carbonyl (C=O) groups is 2. The van der Waals surface area contributed by atoms with Crippen molar-refractivity contribution in [3.8, 4) is 0 Å². The number of ether oxygens (including phenoxy) is 6. The van der Waals surface area contributed by atoms with Crippen molar-refractivity contribution < 1.29 is 60.4 Å². The Balaban J connectivity index is 4.86. The number of rotatable bonds is 13. The average molecular weight is 452 g/mol. The van der Waals surface area contributed by atoms with Crippen LogP contribution in [0.25, 0.3) is 0 Å². The van der Waals surface area contributed by atoms with Crippen molar-refractivity contribution in [2.45, 2.75) is 26.4 Å². The highest BCUT2D eigenvalue weighted by molar-refractivity contribution is 7.55. The van der Waals surface area contributed by atoms with E-state index in [0.717, 1.165) is 20.8 Å². The summed E-state index contributed by atoms with van der Waals surface area (Å²) in [5.41, 5.74) is -5.91. The Morgan fingerprint density at radius 2 is 1.14 bits per heavy atom. The normalized spacial score (nSPS) is 12.4. The minimum Gasteiger partial charge on any atom is -0.432 e. The number of hydrogen-bond donors (Lipinski definition) is 0. The first-order chi connectivity index (χ1) is 13.4. The minimum absolute atomic E-state index is 0.0808. The van der Waals surface area contributed by atoms with Crippen LogP contribution >= 0.6 is 7.60 Å². The molecule has 0 atom stereocenters. The van der Waals surface area contributed by atoms with Gasteiger partial charge in [0, 0.05) is 19.6 Å². The molecule has 0 aromatic rings. The van der Waals surface area contributed by atoms with Crippen LogP contribution in [-0.4, -0.2) is 72.2 Å². The second-order valence-electron chi connectivity index (χ2n) is 6.25. The van der Waals surface area contributed by atoms with Gasteiger partial charge in [-0.2, -0.15) is 8.78 Å². The zero-order valence-electron chi connectivity index (χ0n) is 16.9. The quantitative estimate of drug-likeness (QED) is 0.177. The first-order valence-electron chi connectivity index (χ1n) is 8.25. The summed E-state index contributed by atoms with van der Waals surface area (Å²) in [7, 11) is -2.53. The van der Waals surface area contributed by atoms with Crippen molar-refractivity contribution in [1.29, 1.82) is 0 Å². The standard InChI is InChI=1S/C15H27F2O11P/c1-14(2,3)15(16,17)29(20,27-10-25-12(18)23-8-6-21-4)28-11-26-13(19)24-9-7-22-5/h6-11H2,1-5H3.